The minimum absolute atomic E-state index is 0.273. The van der Waals surface area contributed by atoms with Crippen molar-refractivity contribution in [2.75, 3.05) is 20.1 Å². The number of nitrogens with two attached hydrogens (primary N) is 1. The fourth-order valence-corrected chi connectivity index (χ4v) is 2.17. The summed E-state index contributed by atoms with van der Waals surface area (Å²) in [6.45, 7) is 1.17. The van der Waals surface area contributed by atoms with E-state index >= 15 is 0 Å². The van der Waals surface area contributed by atoms with Crippen LogP contribution in [0, 0.1) is 0 Å². The number of hydrogen-bond acceptors (Lipinski definition) is 3. The zero-order chi connectivity index (χ0) is 12.3. The predicted molar refractivity (Wildman–Crippen MR) is 69.7 cm³/mol. The van der Waals surface area contributed by atoms with Gasteiger partial charge in [-0.25, -0.2) is 0 Å². The monoisotopic (exact) mass is 234 g/mol. The van der Waals surface area contributed by atoms with E-state index in [9.17, 15) is 5.11 Å². The highest BCUT2D eigenvalue weighted by molar-refractivity contribution is 5.22. The van der Waals surface area contributed by atoms with E-state index in [0.29, 0.717) is 6.42 Å². The Hall–Kier alpha value is -0.900. The molecule has 1 unspecified atom stereocenters. The molecule has 3 N–H and O–H groups in total. The van der Waals surface area contributed by atoms with Gasteiger partial charge in [-0.15, -0.1) is 0 Å². The molecule has 0 aromatic heterocycles. The lowest BCUT2D eigenvalue weighted by molar-refractivity contribution is 0.0274. The van der Waals surface area contributed by atoms with E-state index in [1.54, 1.807) is 0 Å². The molecule has 1 aromatic carbocycles. The normalized spacial score (nSPS) is 19.3. The molecular formula is C14H22N2O. The highest BCUT2D eigenvalue weighted by Gasteiger charge is 2.31. The summed E-state index contributed by atoms with van der Waals surface area (Å²) in [6.07, 6.45) is 3.28. The summed E-state index contributed by atoms with van der Waals surface area (Å²) in [6, 6.07) is 10.5. The SMILES string of the molecule is CN(CCC(O)(CN)c1ccccc1)C1CC1. The molecule has 1 aromatic rings. The zero-order valence-corrected chi connectivity index (χ0v) is 10.5. The van der Waals surface area contributed by atoms with Crippen LogP contribution in [0.2, 0.25) is 0 Å². The molecule has 0 bridgehead atoms. The molecule has 94 valence electrons. The molecule has 3 nitrogen and oxygen atoms in total. The Bertz CT molecular complexity index is 350. The van der Waals surface area contributed by atoms with Crippen molar-refractivity contribution in [1.29, 1.82) is 0 Å². The van der Waals surface area contributed by atoms with Gasteiger partial charge in [0.15, 0.2) is 0 Å². The lowest BCUT2D eigenvalue weighted by atomic mass is 9.90. The molecule has 1 atom stereocenters. The number of benzene rings is 1. The van der Waals surface area contributed by atoms with Crippen molar-refractivity contribution >= 4 is 0 Å². The first-order chi connectivity index (χ1) is 8.15. The summed E-state index contributed by atoms with van der Waals surface area (Å²) in [5.41, 5.74) is 5.79. The number of rotatable bonds is 6. The maximum atomic E-state index is 10.6. The Kier molecular flexibility index (Phi) is 3.82. The van der Waals surface area contributed by atoms with Gasteiger partial charge in [0.25, 0.3) is 0 Å². The van der Waals surface area contributed by atoms with Gasteiger partial charge < -0.3 is 15.7 Å². The number of aliphatic hydroxyl groups is 1. The fraction of sp³-hybridized carbons (Fsp3) is 0.571. The van der Waals surface area contributed by atoms with Crippen LogP contribution in [0.4, 0.5) is 0 Å². The van der Waals surface area contributed by atoms with Gasteiger partial charge in [0.2, 0.25) is 0 Å². The highest BCUT2D eigenvalue weighted by atomic mass is 16.3. The van der Waals surface area contributed by atoms with Crippen LogP contribution < -0.4 is 5.73 Å². The van der Waals surface area contributed by atoms with Crippen LogP contribution in [0.1, 0.15) is 24.8 Å². The van der Waals surface area contributed by atoms with Gasteiger partial charge in [0.1, 0.15) is 5.60 Å². The van der Waals surface area contributed by atoms with Crippen LogP contribution in [0.3, 0.4) is 0 Å². The molecule has 0 spiro atoms. The summed E-state index contributed by atoms with van der Waals surface area (Å²) < 4.78 is 0. The molecule has 2 rings (SSSR count). The van der Waals surface area contributed by atoms with E-state index in [0.717, 1.165) is 18.2 Å². The minimum Gasteiger partial charge on any atom is -0.384 e. The van der Waals surface area contributed by atoms with E-state index in [1.807, 2.05) is 30.3 Å². The molecule has 1 saturated carbocycles. The summed E-state index contributed by atoms with van der Waals surface area (Å²) in [4.78, 5) is 2.32. The predicted octanol–water partition coefficient (Wildman–Crippen LogP) is 1.32. The molecule has 1 aliphatic rings. The van der Waals surface area contributed by atoms with E-state index in [1.165, 1.54) is 12.8 Å². The third-order valence-electron chi connectivity index (χ3n) is 3.70. The van der Waals surface area contributed by atoms with E-state index in [-0.39, 0.29) is 6.54 Å². The van der Waals surface area contributed by atoms with Crippen molar-refractivity contribution in [2.45, 2.75) is 30.9 Å². The maximum Gasteiger partial charge on any atom is 0.103 e. The Morgan fingerprint density at radius 3 is 2.53 bits per heavy atom. The second kappa shape index (κ2) is 5.17. The van der Waals surface area contributed by atoms with Crippen LogP contribution >= 0.6 is 0 Å². The third kappa shape index (κ3) is 3.06. The molecule has 3 heteroatoms. The van der Waals surface area contributed by atoms with Gasteiger partial charge in [-0.05, 0) is 31.9 Å². The van der Waals surface area contributed by atoms with Crippen molar-refractivity contribution in [2.24, 2.45) is 5.73 Å². The molecular weight excluding hydrogens is 212 g/mol. The van der Waals surface area contributed by atoms with Crippen LogP contribution in [0.15, 0.2) is 30.3 Å². The van der Waals surface area contributed by atoms with Crippen molar-refractivity contribution < 1.29 is 5.11 Å². The molecule has 17 heavy (non-hydrogen) atoms. The Labute approximate surface area is 103 Å². The van der Waals surface area contributed by atoms with E-state index in [4.69, 9.17) is 5.73 Å². The van der Waals surface area contributed by atoms with Gasteiger partial charge in [-0.1, -0.05) is 30.3 Å². The van der Waals surface area contributed by atoms with E-state index < -0.39 is 5.60 Å². The summed E-state index contributed by atoms with van der Waals surface area (Å²) in [7, 11) is 2.12. The zero-order valence-electron chi connectivity index (χ0n) is 10.5. The Balaban J connectivity index is 1.98. The summed E-state index contributed by atoms with van der Waals surface area (Å²) >= 11 is 0. The van der Waals surface area contributed by atoms with E-state index in [2.05, 4.69) is 11.9 Å². The largest absolute Gasteiger partial charge is 0.384 e. The molecule has 0 amide bonds. The fourth-order valence-electron chi connectivity index (χ4n) is 2.17. The Morgan fingerprint density at radius 2 is 2.00 bits per heavy atom. The second-order valence-corrected chi connectivity index (χ2v) is 5.06. The average Bonchev–Trinajstić information content (AvgIpc) is 3.21. The van der Waals surface area contributed by atoms with Crippen molar-refractivity contribution in [3.05, 3.63) is 35.9 Å². The standard InChI is InChI=1S/C14H22N2O/c1-16(13-7-8-13)10-9-14(17,11-15)12-5-3-2-4-6-12/h2-6,13,17H,7-11,15H2,1H3. The lowest BCUT2D eigenvalue weighted by Gasteiger charge is -2.29. The van der Waals surface area contributed by atoms with Crippen LogP contribution in [-0.4, -0.2) is 36.2 Å². The first kappa shape index (κ1) is 12.6. The van der Waals surface area contributed by atoms with Gasteiger partial charge >= 0.3 is 0 Å². The van der Waals surface area contributed by atoms with Gasteiger partial charge in [0, 0.05) is 19.1 Å². The molecule has 0 radical (unpaired) electrons. The van der Waals surface area contributed by atoms with Crippen molar-refractivity contribution in [3.8, 4) is 0 Å². The molecule has 0 aliphatic heterocycles. The third-order valence-corrected chi connectivity index (χ3v) is 3.70. The van der Waals surface area contributed by atoms with Crippen LogP contribution in [-0.2, 0) is 5.60 Å². The first-order valence-corrected chi connectivity index (χ1v) is 6.34. The number of hydrogen-bond donors (Lipinski definition) is 2. The van der Waals surface area contributed by atoms with Gasteiger partial charge in [-0.3, -0.25) is 0 Å². The Morgan fingerprint density at radius 1 is 1.35 bits per heavy atom. The summed E-state index contributed by atoms with van der Waals surface area (Å²) in [5, 5.41) is 10.6. The van der Waals surface area contributed by atoms with Crippen molar-refractivity contribution in [3.63, 3.8) is 0 Å². The van der Waals surface area contributed by atoms with Crippen LogP contribution in [0.5, 0.6) is 0 Å². The maximum absolute atomic E-state index is 10.6. The molecule has 0 saturated heterocycles. The van der Waals surface area contributed by atoms with Crippen molar-refractivity contribution in [1.82, 2.24) is 4.90 Å². The highest BCUT2D eigenvalue weighted by Crippen LogP contribution is 2.28. The smallest absolute Gasteiger partial charge is 0.103 e. The quantitative estimate of drug-likeness (QED) is 0.780. The average molecular weight is 234 g/mol. The number of nitrogens with zero attached hydrogens (tertiary/aromatic N) is 1. The summed E-state index contributed by atoms with van der Waals surface area (Å²) in [5.74, 6) is 0. The van der Waals surface area contributed by atoms with Gasteiger partial charge in [0.05, 0.1) is 0 Å². The lowest BCUT2D eigenvalue weighted by Crippen LogP contribution is -2.38. The second-order valence-electron chi connectivity index (χ2n) is 5.06. The molecule has 1 fully saturated rings. The topological polar surface area (TPSA) is 49.5 Å². The first-order valence-electron chi connectivity index (χ1n) is 6.34. The molecule has 0 heterocycles. The van der Waals surface area contributed by atoms with Crippen LogP contribution in [0.25, 0.3) is 0 Å². The minimum atomic E-state index is -0.885. The molecule has 1 aliphatic carbocycles. The van der Waals surface area contributed by atoms with Gasteiger partial charge in [-0.2, -0.15) is 0 Å².